The lowest BCUT2D eigenvalue weighted by Gasteiger charge is -2.40. The van der Waals surface area contributed by atoms with Gasteiger partial charge in [0.05, 0.1) is 6.16 Å². The number of nitrogen functional groups attached to an aromatic ring is 1. The molecule has 0 amide bonds. The molecular formula is C28H55N8O3P. The predicted molar refractivity (Wildman–Crippen MR) is 165 cm³/mol. The molecule has 1 aromatic rings. The lowest BCUT2D eigenvalue weighted by molar-refractivity contribution is 0.196. The summed E-state index contributed by atoms with van der Waals surface area (Å²) < 4.78 is 11.3. The summed E-state index contributed by atoms with van der Waals surface area (Å²) in [5, 5.41) is 10.8. The number of hydrogen-bond donors (Lipinski definition) is 6. The monoisotopic (exact) mass is 582 g/mol. The van der Waals surface area contributed by atoms with Gasteiger partial charge in [-0.1, -0.05) is 20.3 Å². The molecule has 230 valence electrons. The average molecular weight is 583 g/mol. The molecule has 7 N–H and O–H groups in total. The average Bonchev–Trinajstić information content (AvgIpc) is 2.92. The number of nitrogens with one attached hydrogen (secondary N) is 3. The molecule has 1 aromatic heterocycles. The first-order valence-corrected chi connectivity index (χ1v) is 17.3. The van der Waals surface area contributed by atoms with Crippen LogP contribution in [0.5, 0.6) is 0 Å². The number of aromatic nitrogens is 2. The first kappa shape index (κ1) is 33.0. The van der Waals surface area contributed by atoms with Gasteiger partial charge in [0.2, 0.25) is 5.95 Å². The lowest BCUT2D eigenvalue weighted by atomic mass is 9.82. The van der Waals surface area contributed by atoms with Crippen molar-refractivity contribution in [2.24, 2.45) is 11.8 Å². The summed E-state index contributed by atoms with van der Waals surface area (Å²) in [6, 6.07) is 2.64. The molecular weight excluding hydrogens is 527 g/mol. The fourth-order valence-corrected chi connectivity index (χ4v) is 6.51. The maximum atomic E-state index is 11.3. The van der Waals surface area contributed by atoms with Crippen molar-refractivity contribution in [1.82, 2.24) is 25.5 Å². The van der Waals surface area contributed by atoms with E-state index in [1.165, 1.54) is 51.4 Å². The van der Waals surface area contributed by atoms with Crippen molar-refractivity contribution < 1.29 is 14.4 Å². The summed E-state index contributed by atoms with van der Waals surface area (Å²) in [5.74, 6) is 3.22. The Labute approximate surface area is 241 Å². The fourth-order valence-electron chi connectivity index (χ4n) is 5.99. The van der Waals surface area contributed by atoms with Gasteiger partial charge in [0.1, 0.15) is 11.6 Å². The van der Waals surface area contributed by atoms with Crippen LogP contribution in [0.25, 0.3) is 0 Å². The standard InChI is InChI=1S/C28H55N8O3P/c1-4-7-25(5-2)31-13-6-12-30-19-23-8-10-24(11-9-23)20-32-28-33-26(29)18-27(34-28)36-15-14-35(22(3)21-36)16-17-40(37,38)39/h18,22-25,30-31H,4-17,19-21H2,1-3H3,(H2,37,38,39)(H3,29,32,33,34)/t22-,23?,24?,25?/m1/s1. The highest BCUT2D eigenvalue weighted by Gasteiger charge is 2.27. The maximum absolute atomic E-state index is 11.3. The van der Waals surface area contributed by atoms with E-state index in [0.29, 0.717) is 30.3 Å². The second-order valence-corrected chi connectivity index (χ2v) is 13.6. The normalized spacial score (nSPS) is 23.3. The number of anilines is 3. The van der Waals surface area contributed by atoms with Gasteiger partial charge in [-0.25, -0.2) is 0 Å². The zero-order chi connectivity index (χ0) is 29.0. The van der Waals surface area contributed by atoms with Gasteiger partial charge in [-0.2, -0.15) is 9.97 Å². The van der Waals surface area contributed by atoms with E-state index in [-0.39, 0.29) is 12.2 Å². The molecule has 2 atom stereocenters. The predicted octanol–water partition coefficient (Wildman–Crippen LogP) is 3.11. The van der Waals surface area contributed by atoms with Crippen LogP contribution in [0, 0.1) is 11.8 Å². The van der Waals surface area contributed by atoms with Crippen molar-refractivity contribution in [3.05, 3.63) is 6.07 Å². The molecule has 11 nitrogen and oxygen atoms in total. The van der Waals surface area contributed by atoms with Crippen molar-refractivity contribution in [3.63, 3.8) is 0 Å². The molecule has 2 fully saturated rings. The summed E-state index contributed by atoms with van der Waals surface area (Å²) >= 11 is 0. The Morgan fingerprint density at radius 1 is 1.10 bits per heavy atom. The minimum atomic E-state index is -3.99. The molecule has 1 saturated heterocycles. The SMILES string of the molecule is CCCC(CC)NCCCNCC1CCC(CNc2nc(N)cc(N3CCN(CCP(=O)(O)O)[C@H](C)C3)n2)CC1. The summed E-state index contributed by atoms with van der Waals surface area (Å²) in [4.78, 5) is 31.9. The van der Waals surface area contributed by atoms with Gasteiger partial charge in [-0.05, 0) is 83.3 Å². The van der Waals surface area contributed by atoms with Gasteiger partial charge >= 0.3 is 7.60 Å². The van der Waals surface area contributed by atoms with Gasteiger partial charge in [0.25, 0.3) is 0 Å². The molecule has 3 rings (SSSR count). The first-order valence-electron chi connectivity index (χ1n) is 15.5. The Bertz CT molecular complexity index is 912. The van der Waals surface area contributed by atoms with Crippen molar-refractivity contribution in [3.8, 4) is 0 Å². The van der Waals surface area contributed by atoms with E-state index in [9.17, 15) is 14.4 Å². The van der Waals surface area contributed by atoms with Crippen molar-refractivity contribution in [2.75, 3.05) is 74.5 Å². The number of nitrogens with two attached hydrogens (primary N) is 1. The molecule has 1 saturated carbocycles. The third-order valence-electron chi connectivity index (χ3n) is 8.54. The first-order chi connectivity index (χ1) is 19.2. The number of piperazine rings is 1. The van der Waals surface area contributed by atoms with E-state index in [1.807, 2.05) is 6.07 Å². The highest BCUT2D eigenvalue weighted by molar-refractivity contribution is 7.51. The molecule has 2 heterocycles. The van der Waals surface area contributed by atoms with Gasteiger partial charge in [0.15, 0.2) is 0 Å². The quantitative estimate of drug-likeness (QED) is 0.119. The third kappa shape index (κ3) is 11.8. The summed E-state index contributed by atoms with van der Waals surface area (Å²) in [5.41, 5.74) is 6.14. The van der Waals surface area contributed by atoms with E-state index < -0.39 is 7.60 Å². The molecule has 1 aliphatic heterocycles. The highest BCUT2D eigenvalue weighted by Crippen LogP contribution is 2.34. The third-order valence-corrected chi connectivity index (χ3v) is 9.32. The second-order valence-electron chi connectivity index (χ2n) is 11.9. The van der Waals surface area contributed by atoms with Gasteiger partial charge in [-0.15, -0.1) is 0 Å². The minimum Gasteiger partial charge on any atom is -0.383 e. The molecule has 2 aliphatic rings. The Kier molecular flexibility index (Phi) is 13.9. The zero-order valence-corrected chi connectivity index (χ0v) is 25.9. The topological polar surface area (TPSA) is 152 Å². The molecule has 0 radical (unpaired) electrons. The van der Waals surface area contributed by atoms with E-state index in [0.717, 1.165) is 57.5 Å². The number of hydrogen-bond acceptors (Lipinski definition) is 9. The zero-order valence-electron chi connectivity index (χ0n) is 25.0. The fraction of sp³-hybridized carbons (Fsp3) is 0.857. The van der Waals surface area contributed by atoms with Crippen LogP contribution in [-0.4, -0.2) is 95.3 Å². The van der Waals surface area contributed by atoms with Crippen molar-refractivity contribution >= 4 is 25.2 Å². The Hall–Kier alpha value is -1.49. The Morgan fingerprint density at radius 2 is 1.82 bits per heavy atom. The molecule has 40 heavy (non-hydrogen) atoms. The summed E-state index contributed by atoms with van der Waals surface area (Å²) in [6.07, 6.45) is 9.78. The van der Waals surface area contributed by atoms with Crippen LogP contribution in [0.3, 0.4) is 0 Å². The minimum absolute atomic E-state index is 0.110. The van der Waals surface area contributed by atoms with E-state index in [1.54, 1.807) is 0 Å². The highest BCUT2D eigenvalue weighted by atomic mass is 31.2. The molecule has 0 spiro atoms. The number of nitrogens with zero attached hydrogens (tertiary/aromatic N) is 4. The largest absolute Gasteiger partial charge is 0.383 e. The Balaban J connectivity index is 1.34. The summed E-state index contributed by atoms with van der Waals surface area (Å²) in [7, 11) is -3.99. The number of rotatable bonds is 17. The Morgan fingerprint density at radius 3 is 2.48 bits per heavy atom. The second kappa shape index (κ2) is 16.8. The molecule has 1 aliphatic carbocycles. The lowest BCUT2D eigenvalue weighted by Crippen LogP contribution is -2.52. The van der Waals surface area contributed by atoms with Crippen LogP contribution in [0.2, 0.25) is 0 Å². The van der Waals surface area contributed by atoms with E-state index >= 15 is 0 Å². The molecule has 0 aromatic carbocycles. The van der Waals surface area contributed by atoms with Crippen LogP contribution in [0.1, 0.15) is 72.1 Å². The van der Waals surface area contributed by atoms with Crippen molar-refractivity contribution in [1.29, 1.82) is 0 Å². The van der Waals surface area contributed by atoms with Crippen LogP contribution >= 0.6 is 7.60 Å². The summed E-state index contributed by atoms with van der Waals surface area (Å²) in [6.45, 7) is 13.4. The van der Waals surface area contributed by atoms with Gasteiger partial charge in [0, 0.05) is 50.9 Å². The van der Waals surface area contributed by atoms with Gasteiger partial charge in [-0.3, -0.25) is 9.46 Å². The smallest absolute Gasteiger partial charge is 0.326 e. The van der Waals surface area contributed by atoms with Crippen LogP contribution < -0.4 is 26.6 Å². The van der Waals surface area contributed by atoms with Crippen LogP contribution in [-0.2, 0) is 4.57 Å². The van der Waals surface area contributed by atoms with E-state index in [2.05, 4.69) is 51.5 Å². The van der Waals surface area contributed by atoms with Crippen LogP contribution in [0.4, 0.5) is 17.6 Å². The maximum Gasteiger partial charge on any atom is 0.326 e. The van der Waals surface area contributed by atoms with Gasteiger partial charge < -0.3 is 36.4 Å². The van der Waals surface area contributed by atoms with Crippen LogP contribution in [0.15, 0.2) is 6.07 Å². The molecule has 1 unspecified atom stereocenters. The van der Waals surface area contributed by atoms with E-state index in [4.69, 9.17) is 10.7 Å². The molecule has 0 bridgehead atoms. The van der Waals surface area contributed by atoms with Crippen molar-refractivity contribution in [2.45, 2.75) is 84.2 Å². The molecule has 12 heteroatoms.